The van der Waals surface area contributed by atoms with Crippen molar-refractivity contribution in [2.75, 3.05) is 12.3 Å². The van der Waals surface area contributed by atoms with Crippen LogP contribution < -0.4 is 5.32 Å². The molecule has 7 heteroatoms. The molecule has 0 aliphatic rings. The molecule has 0 spiro atoms. The zero-order chi connectivity index (χ0) is 22.8. The van der Waals surface area contributed by atoms with Crippen molar-refractivity contribution in [3.63, 3.8) is 0 Å². The SMILES string of the molecule is CC[C@H](C(=O)NCC(C)C)N(Cc1ccccc1Cl)C(=O)CSCc1ccccc1F. The molecule has 2 amide bonds. The third-order valence-corrected chi connectivity index (χ3v) is 6.14. The highest BCUT2D eigenvalue weighted by molar-refractivity contribution is 7.99. The standard InChI is InChI=1S/C24H30ClFN2O2S/c1-4-22(24(30)27-13-17(2)3)28(14-18-9-5-7-11-20(18)25)23(29)16-31-15-19-10-6-8-12-21(19)26/h5-12,17,22H,4,13-16H2,1-3H3,(H,27,30)/t22-/m1/s1. The van der Waals surface area contributed by atoms with Crippen LogP contribution in [0.2, 0.25) is 5.02 Å². The molecule has 31 heavy (non-hydrogen) atoms. The normalized spacial score (nSPS) is 11.9. The number of thioether (sulfide) groups is 1. The first-order valence-corrected chi connectivity index (χ1v) is 12.0. The summed E-state index contributed by atoms with van der Waals surface area (Å²) in [5.41, 5.74) is 1.34. The number of halogens is 2. The Labute approximate surface area is 193 Å². The lowest BCUT2D eigenvalue weighted by molar-refractivity contribution is -0.139. The molecule has 2 rings (SSSR count). The Hall–Kier alpha value is -2.05. The van der Waals surface area contributed by atoms with Gasteiger partial charge in [-0.3, -0.25) is 9.59 Å². The summed E-state index contributed by atoms with van der Waals surface area (Å²) in [4.78, 5) is 27.6. The van der Waals surface area contributed by atoms with Crippen molar-refractivity contribution in [1.29, 1.82) is 0 Å². The summed E-state index contributed by atoms with van der Waals surface area (Å²) in [5, 5.41) is 3.49. The van der Waals surface area contributed by atoms with Gasteiger partial charge in [0.15, 0.2) is 0 Å². The molecule has 4 nitrogen and oxygen atoms in total. The molecule has 0 unspecified atom stereocenters. The maximum atomic E-state index is 13.9. The second kappa shape index (κ2) is 12.7. The molecule has 0 fully saturated rings. The van der Waals surface area contributed by atoms with Gasteiger partial charge in [0.25, 0.3) is 0 Å². The van der Waals surface area contributed by atoms with Gasteiger partial charge in [-0.15, -0.1) is 11.8 Å². The minimum Gasteiger partial charge on any atom is -0.354 e. The van der Waals surface area contributed by atoms with Crippen LogP contribution in [0.3, 0.4) is 0 Å². The minimum atomic E-state index is -0.600. The Bertz CT molecular complexity index is 878. The summed E-state index contributed by atoms with van der Waals surface area (Å²) in [5.74, 6) is 0.213. The highest BCUT2D eigenvalue weighted by Gasteiger charge is 2.29. The van der Waals surface area contributed by atoms with Crippen molar-refractivity contribution in [3.05, 3.63) is 70.5 Å². The van der Waals surface area contributed by atoms with Crippen LogP contribution >= 0.6 is 23.4 Å². The second-order valence-electron chi connectivity index (χ2n) is 7.76. The molecule has 0 saturated carbocycles. The highest BCUT2D eigenvalue weighted by Crippen LogP contribution is 2.22. The van der Waals surface area contributed by atoms with Crippen molar-refractivity contribution >= 4 is 35.2 Å². The molecule has 1 N–H and O–H groups in total. The molecule has 1 atom stereocenters. The predicted molar refractivity (Wildman–Crippen MR) is 126 cm³/mol. The molecule has 0 aromatic heterocycles. The molecular formula is C24H30ClFN2O2S. The van der Waals surface area contributed by atoms with Gasteiger partial charge in [0.05, 0.1) is 5.75 Å². The van der Waals surface area contributed by atoms with Gasteiger partial charge in [0, 0.05) is 23.9 Å². The largest absolute Gasteiger partial charge is 0.354 e. The summed E-state index contributed by atoms with van der Waals surface area (Å²) in [6, 6.07) is 13.2. The first kappa shape index (κ1) is 25.2. The Morgan fingerprint density at radius 2 is 1.74 bits per heavy atom. The summed E-state index contributed by atoms with van der Waals surface area (Å²) in [6.07, 6.45) is 0.484. The topological polar surface area (TPSA) is 49.4 Å². The summed E-state index contributed by atoms with van der Waals surface area (Å²) in [6.45, 7) is 6.72. The Balaban J connectivity index is 2.14. The van der Waals surface area contributed by atoms with E-state index in [1.165, 1.54) is 17.8 Å². The lowest BCUT2D eigenvalue weighted by atomic mass is 10.1. The van der Waals surface area contributed by atoms with Gasteiger partial charge < -0.3 is 10.2 Å². The number of hydrogen-bond acceptors (Lipinski definition) is 3. The fraction of sp³-hybridized carbons (Fsp3) is 0.417. The Morgan fingerprint density at radius 3 is 2.35 bits per heavy atom. The van der Waals surface area contributed by atoms with Crippen molar-refractivity contribution in [2.24, 2.45) is 5.92 Å². The third kappa shape index (κ3) is 7.86. The van der Waals surface area contributed by atoms with Gasteiger partial charge in [-0.2, -0.15) is 0 Å². The smallest absolute Gasteiger partial charge is 0.242 e. The molecule has 0 radical (unpaired) electrons. The molecule has 0 saturated heterocycles. The average Bonchev–Trinajstić information content (AvgIpc) is 2.74. The molecule has 168 valence electrons. The van der Waals surface area contributed by atoms with Crippen LogP contribution in [0, 0.1) is 11.7 Å². The molecular weight excluding hydrogens is 435 g/mol. The Kier molecular flexibility index (Phi) is 10.3. The van der Waals surface area contributed by atoms with E-state index in [4.69, 9.17) is 11.6 Å². The zero-order valence-electron chi connectivity index (χ0n) is 18.2. The number of nitrogens with zero attached hydrogens (tertiary/aromatic N) is 1. The second-order valence-corrected chi connectivity index (χ2v) is 9.15. The number of hydrogen-bond donors (Lipinski definition) is 1. The highest BCUT2D eigenvalue weighted by atomic mass is 35.5. The number of nitrogens with one attached hydrogen (secondary N) is 1. The number of benzene rings is 2. The first-order chi connectivity index (χ1) is 14.8. The van der Waals surface area contributed by atoms with E-state index in [2.05, 4.69) is 5.32 Å². The number of amides is 2. The van der Waals surface area contributed by atoms with Crippen molar-refractivity contribution in [1.82, 2.24) is 10.2 Å². The summed E-state index contributed by atoms with van der Waals surface area (Å²) in [7, 11) is 0. The van der Waals surface area contributed by atoms with Crippen LogP contribution in [0.15, 0.2) is 48.5 Å². The van der Waals surface area contributed by atoms with Crippen LogP contribution in [0.1, 0.15) is 38.3 Å². The first-order valence-electron chi connectivity index (χ1n) is 10.4. The van der Waals surface area contributed by atoms with Crippen molar-refractivity contribution in [2.45, 2.75) is 45.5 Å². The number of carbonyl (C=O) groups is 2. The monoisotopic (exact) mass is 464 g/mol. The zero-order valence-corrected chi connectivity index (χ0v) is 19.8. The van der Waals surface area contributed by atoms with Crippen molar-refractivity contribution < 1.29 is 14.0 Å². The van der Waals surface area contributed by atoms with E-state index in [0.717, 1.165) is 5.56 Å². The van der Waals surface area contributed by atoms with Gasteiger partial charge in [-0.05, 0) is 35.6 Å². The van der Waals surface area contributed by atoms with E-state index in [1.807, 2.05) is 39.0 Å². The fourth-order valence-electron chi connectivity index (χ4n) is 3.10. The van der Waals surface area contributed by atoms with Crippen LogP contribution in [-0.4, -0.2) is 35.1 Å². The van der Waals surface area contributed by atoms with Gasteiger partial charge in [-0.1, -0.05) is 68.8 Å². The fourth-order valence-corrected chi connectivity index (χ4v) is 4.19. The van der Waals surface area contributed by atoms with E-state index in [9.17, 15) is 14.0 Å². The van der Waals surface area contributed by atoms with E-state index in [-0.39, 0.29) is 29.9 Å². The average molecular weight is 465 g/mol. The van der Waals surface area contributed by atoms with E-state index < -0.39 is 6.04 Å². The van der Waals surface area contributed by atoms with Gasteiger partial charge >= 0.3 is 0 Å². The van der Waals surface area contributed by atoms with Crippen molar-refractivity contribution in [3.8, 4) is 0 Å². The van der Waals surface area contributed by atoms with Gasteiger partial charge in [-0.25, -0.2) is 4.39 Å². The van der Waals surface area contributed by atoms with Crippen LogP contribution in [0.5, 0.6) is 0 Å². The quantitative estimate of drug-likeness (QED) is 0.491. The lowest BCUT2D eigenvalue weighted by Crippen LogP contribution is -2.50. The Morgan fingerprint density at radius 1 is 1.10 bits per heavy atom. The summed E-state index contributed by atoms with van der Waals surface area (Å²) < 4.78 is 13.9. The summed E-state index contributed by atoms with van der Waals surface area (Å²) >= 11 is 7.65. The molecule has 0 aliphatic heterocycles. The van der Waals surface area contributed by atoms with E-state index >= 15 is 0 Å². The maximum absolute atomic E-state index is 13.9. The van der Waals surface area contributed by atoms with Gasteiger partial charge in [0.2, 0.25) is 11.8 Å². The van der Waals surface area contributed by atoms with E-state index in [0.29, 0.717) is 35.2 Å². The van der Waals surface area contributed by atoms with E-state index in [1.54, 1.807) is 29.2 Å². The molecule has 0 bridgehead atoms. The number of carbonyl (C=O) groups excluding carboxylic acids is 2. The molecule has 0 aliphatic carbocycles. The lowest BCUT2D eigenvalue weighted by Gasteiger charge is -2.31. The molecule has 2 aromatic rings. The molecule has 2 aromatic carbocycles. The van der Waals surface area contributed by atoms with Gasteiger partial charge in [0.1, 0.15) is 11.9 Å². The van der Waals surface area contributed by atoms with Crippen LogP contribution in [-0.2, 0) is 21.9 Å². The minimum absolute atomic E-state index is 0.146. The third-order valence-electron chi connectivity index (χ3n) is 4.81. The maximum Gasteiger partial charge on any atom is 0.242 e. The predicted octanol–water partition coefficient (Wildman–Crippen LogP) is 5.29. The van der Waals surface area contributed by atoms with Crippen LogP contribution in [0.25, 0.3) is 0 Å². The molecule has 0 heterocycles. The van der Waals surface area contributed by atoms with Crippen LogP contribution in [0.4, 0.5) is 4.39 Å². The number of rotatable bonds is 11.